The monoisotopic (exact) mass is 435 g/mol. The van der Waals surface area contributed by atoms with E-state index < -0.39 is 0 Å². The number of aryl methyl sites for hydroxylation is 1. The SMILES string of the molecule is CCCCC(Oc1ccc(-c2ccc(C(C)(C)C)cc2)c(C)c1)c1ccc(C(N)=O)s1. The molecule has 1 atom stereocenters. The molecule has 1 aromatic heterocycles. The summed E-state index contributed by atoms with van der Waals surface area (Å²) in [5, 5.41) is 0. The maximum atomic E-state index is 11.5. The molecule has 0 saturated carbocycles. The van der Waals surface area contributed by atoms with E-state index in [2.05, 4.69) is 71.0 Å². The first-order valence-electron chi connectivity index (χ1n) is 11.0. The van der Waals surface area contributed by atoms with Gasteiger partial charge in [0, 0.05) is 4.88 Å². The van der Waals surface area contributed by atoms with Gasteiger partial charge in [-0.15, -0.1) is 11.3 Å². The molecule has 0 aliphatic carbocycles. The summed E-state index contributed by atoms with van der Waals surface area (Å²) in [7, 11) is 0. The number of ether oxygens (including phenoxy) is 1. The van der Waals surface area contributed by atoms with E-state index in [4.69, 9.17) is 10.5 Å². The van der Waals surface area contributed by atoms with Crippen molar-refractivity contribution in [2.75, 3.05) is 0 Å². The van der Waals surface area contributed by atoms with Crippen LogP contribution in [0.5, 0.6) is 5.75 Å². The first kappa shape index (κ1) is 23.1. The zero-order valence-corrected chi connectivity index (χ0v) is 20.0. The third kappa shape index (κ3) is 5.76. The van der Waals surface area contributed by atoms with E-state index in [1.165, 1.54) is 33.6 Å². The van der Waals surface area contributed by atoms with Gasteiger partial charge in [0.05, 0.1) is 4.88 Å². The lowest BCUT2D eigenvalue weighted by atomic mass is 9.86. The standard InChI is InChI=1S/C27H33NO2S/c1-6-7-8-23(24-15-16-25(31-24)26(28)29)30-21-13-14-22(18(2)17-21)19-9-11-20(12-10-19)27(3,4)5/h9-17,23H,6-8H2,1-5H3,(H2,28,29). The number of primary amides is 1. The molecule has 0 aliphatic heterocycles. The zero-order valence-electron chi connectivity index (χ0n) is 19.2. The Morgan fingerprint density at radius 3 is 2.32 bits per heavy atom. The van der Waals surface area contributed by atoms with Crippen LogP contribution in [-0.4, -0.2) is 5.91 Å². The minimum absolute atomic E-state index is 0.0747. The van der Waals surface area contributed by atoms with E-state index in [0.717, 1.165) is 29.9 Å². The molecule has 2 aromatic carbocycles. The molecule has 2 N–H and O–H groups in total. The molecule has 3 nitrogen and oxygen atoms in total. The van der Waals surface area contributed by atoms with Crippen molar-refractivity contribution in [1.29, 1.82) is 0 Å². The second-order valence-electron chi connectivity index (χ2n) is 9.12. The van der Waals surface area contributed by atoms with Crippen molar-refractivity contribution in [2.45, 2.75) is 65.4 Å². The third-order valence-electron chi connectivity index (χ3n) is 5.54. The van der Waals surface area contributed by atoms with Gasteiger partial charge in [0.25, 0.3) is 5.91 Å². The fourth-order valence-corrected chi connectivity index (χ4v) is 4.58. The lowest BCUT2D eigenvalue weighted by Crippen LogP contribution is -2.10. The average Bonchev–Trinajstić information content (AvgIpc) is 3.21. The molecule has 1 amide bonds. The molecule has 164 valence electrons. The summed E-state index contributed by atoms with van der Waals surface area (Å²) in [5.41, 5.74) is 10.5. The summed E-state index contributed by atoms with van der Waals surface area (Å²) in [6.07, 6.45) is 2.99. The van der Waals surface area contributed by atoms with Gasteiger partial charge in [-0.2, -0.15) is 0 Å². The number of rotatable bonds is 8. The molecule has 1 heterocycles. The summed E-state index contributed by atoms with van der Waals surface area (Å²) in [5.74, 6) is 0.464. The van der Waals surface area contributed by atoms with Gasteiger partial charge in [0.15, 0.2) is 0 Å². The van der Waals surface area contributed by atoms with Crippen molar-refractivity contribution < 1.29 is 9.53 Å². The summed E-state index contributed by atoms with van der Waals surface area (Å²) < 4.78 is 6.39. The first-order valence-corrected chi connectivity index (χ1v) is 11.8. The maximum absolute atomic E-state index is 11.5. The number of benzene rings is 2. The summed E-state index contributed by atoms with van der Waals surface area (Å²) in [4.78, 5) is 13.1. The number of carbonyl (C=O) groups excluding carboxylic acids is 1. The Hall–Kier alpha value is -2.59. The van der Waals surface area contributed by atoms with E-state index in [0.29, 0.717) is 4.88 Å². The van der Waals surface area contributed by atoms with Crippen molar-refractivity contribution >= 4 is 17.2 Å². The van der Waals surface area contributed by atoms with Crippen LogP contribution in [0.25, 0.3) is 11.1 Å². The molecule has 4 heteroatoms. The van der Waals surface area contributed by atoms with Crippen LogP contribution >= 0.6 is 11.3 Å². The highest BCUT2D eigenvalue weighted by Gasteiger charge is 2.18. The molecule has 3 rings (SSSR count). The topological polar surface area (TPSA) is 52.3 Å². The smallest absolute Gasteiger partial charge is 0.258 e. The van der Waals surface area contributed by atoms with Gasteiger partial charge in [0.1, 0.15) is 11.9 Å². The zero-order chi connectivity index (χ0) is 22.6. The van der Waals surface area contributed by atoms with Gasteiger partial charge >= 0.3 is 0 Å². The van der Waals surface area contributed by atoms with Crippen LogP contribution in [0.3, 0.4) is 0 Å². The molecule has 31 heavy (non-hydrogen) atoms. The van der Waals surface area contributed by atoms with E-state index in [1.807, 2.05) is 12.1 Å². The highest BCUT2D eigenvalue weighted by Crippen LogP contribution is 2.34. The van der Waals surface area contributed by atoms with E-state index in [9.17, 15) is 4.79 Å². The third-order valence-corrected chi connectivity index (χ3v) is 6.74. The second-order valence-corrected chi connectivity index (χ2v) is 10.2. The summed E-state index contributed by atoms with van der Waals surface area (Å²) in [6.45, 7) is 11.0. The molecular weight excluding hydrogens is 402 g/mol. The predicted octanol–water partition coefficient (Wildman–Crippen LogP) is 7.43. The number of hydrogen-bond donors (Lipinski definition) is 1. The Morgan fingerprint density at radius 2 is 1.77 bits per heavy atom. The number of thiophene rings is 1. The van der Waals surface area contributed by atoms with Crippen LogP contribution in [0.2, 0.25) is 0 Å². The Morgan fingerprint density at radius 1 is 1.06 bits per heavy atom. The fourth-order valence-electron chi connectivity index (χ4n) is 3.65. The van der Waals surface area contributed by atoms with Crippen molar-refractivity contribution in [1.82, 2.24) is 0 Å². The van der Waals surface area contributed by atoms with Crippen LogP contribution in [-0.2, 0) is 5.41 Å². The number of carbonyl (C=O) groups is 1. The quantitative estimate of drug-likeness (QED) is 0.400. The molecule has 0 saturated heterocycles. The predicted molar refractivity (Wildman–Crippen MR) is 131 cm³/mol. The van der Waals surface area contributed by atoms with Gasteiger partial charge < -0.3 is 10.5 Å². The van der Waals surface area contributed by atoms with Gasteiger partial charge in [-0.25, -0.2) is 0 Å². The highest BCUT2D eigenvalue weighted by atomic mass is 32.1. The van der Waals surface area contributed by atoms with Crippen LogP contribution < -0.4 is 10.5 Å². The Kier molecular flexibility index (Phi) is 7.22. The highest BCUT2D eigenvalue weighted by molar-refractivity contribution is 7.14. The molecule has 0 aliphatic rings. The molecule has 3 aromatic rings. The Balaban J connectivity index is 1.82. The van der Waals surface area contributed by atoms with Gasteiger partial charge in [-0.3, -0.25) is 4.79 Å². The van der Waals surface area contributed by atoms with Crippen molar-refractivity contribution in [2.24, 2.45) is 5.73 Å². The van der Waals surface area contributed by atoms with Gasteiger partial charge in [-0.1, -0.05) is 64.4 Å². The number of amides is 1. The fraction of sp³-hybridized carbons (Fsp3) is 0.370. The van der Waals surface area contributed by atoms with E-state index >= 15 is 0 Å². The molecule has 0 bridgehead atoms. The molecule has 0 fully saturated rings. The molecule has 1 unspecified atom stereocenters. The van der Waals surface area contributed by atoms with Gasteiger partial charge in [-0.05, 0) is 71.7 Å². The van der Waals surface area contributed by atoms with Crippen molar-refractivity contribution in [3.05, 3.63) is 75.5 Å². The second kappa shape index (κ2) is 9.69. The Labute approximate surface area is 190 Å². The van der Waals surface area contributed by atoms with Gasteiger partial charge in [0.2, 0.25) is 0 Å². The first-order chi connectivity index (χ1) is 14.7. The minimum atomic E-state index is -0.386. The lowest BCUT2D eigenvalue weighted by molar-refractivity contribution is 0.100. The van der Waals surface area contributed by atoms with E-state index in [1.54, 1.807) is 6.07 Å². The van der Waals surface area contributed by atoms with E-state index in [-0.39, 0.29) is 17.4 Å². The largest absolute Gasteiger partial charge is 0.485 e. The number of hydrogen-bond acceptors (Lipinski definition) is 3. The average molecular weight is 436 g/mol. The van der Waals surface area contributed by atoms with Crippen molar-refractivity contribution in [3.8, 4) is 16.9 Å². The molecular formula is C27H33NO2S. The normalized spacial score (nSPS) is 12.5. The lowest BCUT2D eigenvalue weighted by Gasteiger charge is -2.20. The maximum Gasteiger partial charge on any atom is 0.258 e. The van der Waals surface area contributed by atoms with Crippen LogP contribution in [0.15, 0.2) is 54.6 Å². The Bertz CT molecular complexity index is 1030. The number of unbranched alkanes of at least 4 members (excludes halogenated alkanes) is 1. The molecule has 0 radical (unpaired) electrons. The van der Waals surface area contributed by atoms with Crippen molar-refractivity contribution in [3.63, 3.8) is 0 Å². The summed E-state index contributed by atoms with van der Waals surface area (Å²) in [6, 6.07) is 18.9. The summed E-state index contributed by atoms with van der Waals surface area (Å²) >= 11 is 1.43. The number of nitrogens with two attached hydrogens (primary N) is 1. The minimum Gasteiger partial charge on any atom is -0.485 e. The van der Waals surface area contributed by atoms with Crippen LogP contribution in [0.4, 0.5) is 0 Å². The van der Waals surface area contributed by atoms with Crippen LogP contribution in [0, 0.1) is 6.92 Å². The van der Waals surface area contributed by atoms with Crippen LogP contribution in [0.1, 0.15) is 78.7 Å². The molecule has 0 spiro atoms.